The summed E-state index contributed by atoms with van der Waals surface area (Å²) in [4.78, 5) is 9.94. The first-order valence-corrected chi connectivity index (χ1v) is 6.84. The second-order valence-electron chi connectivity index (χ2n) is 5.16. The summed E-state index contributed by atoms with van der Waals surface area (Å²) in [6, 6.07) is 3.75. The van der Waals surface area contributed by atoms with Crippen LogP contribution < -0.4 is 5.32 Å². The summed E-state index contributed by atoms with van der Waals surface area (Å²) < 4.78 is 13.7. The molecule has 0 bridgehead atoms. The van der Waals surface area contributed by atoms with Crippen molar-refractivity contribution in [1.29, 1.82) is 0 Å². The van der Waals surface area contributed by atoms with Crippen LogP contribution in [0, 0.1) is 21.8 Å². The summed E-state index contributed by atoms with van der Waals surface area (Å²) in [7, 11) is 0. The highest BCUT2D eigenvalue weighted by Crippen LogP contribution is 2.25. The second-order valence-corrected chi connectivity index (χ2v) is 5.16. The van der Waals surface area contributed by atoms with E-state index in [1.165, 1.54) is 50.7 Å². The van der Waals surface area contributed by atoms with Crippen molar-refractivity contribution in [3.8, 4) is 0 Å². The maximum Gasteiger partial charge on any atom is 0.272 e. The summed E-state index contributed by atoms with van der Waals surface area (Å²) in [5.41, 5.74) is 0.146. The minimum absolute atomic E-state index is 0.211. The molecule has 0 aliphatic heterocycles. The molecule has 0 amide bonds. The Kier molecular flexibility index (Phi) is 4.71. The Bertz CT molecular complexity index is 443. The zero-order valence-corrected chi connectivity index (χ0v) is 10.9. The first-order valence-electron chi connectivity index (χ1n) is 6.84. The number of nitrogens with zero attached hydrogens (tertiary/aromatic N) is 1. The maximum absolute atomic E-state index is 13.7. The summed E-state index contributed by atoms with van der Waals surface area (Å²) >= 11 is 0. The number of benzene rings is 1. The molecule has 1 N–H and O–H groups in total. The third-order valence-electron chi connectivity index (χ3n) is 3.72. The number of halogens is 1. The Morgan fingerprint density at radius 1 is 1.26 bits per heavy atom. The highest BCUT2D eigenvalue weighted by molar-refractivity contribution is 5.50. The van der Waals surface area contributed by atoms with Crippen molar-refractivity contribution in [2.45, 2.75) is 38.5 Å². The summed E-state index contributed by atoms with van der Waals surface area (Å²) in [6.07, 6.45) is 7.44. The lowest BCUT2D eigenvalue weighted by molar-refractivity contribution is -0.385. The van der Waals surface area contributed by atoms with E-state index >= 15 is 0 Å². The van der Waals surface area contributed by atoms with Crippen LogP contribution in [0.5, 0.6) is 0 Å². The van der Waals surface area contributed by atoms with Gasteiger partial charge in [-0.15, -0.1) is 0 Å². The van der Waals surface area contributed by atoms with Gasteiger partial charge in [-0.05, 0) is 24.8 Å². The van der Waals surface area contributed by atoms with Crippen molar-refractivity contribution in [2.24, 2.45) is 5.92 Å². The van der Waals surface area contributed by atoms with Crippen LogP contribution in [0.4, 0.5) is 15.8 Å². The van der Waals surface area contributed by atoms with Crippen LogP contribution in [-0.4, -0.2) is 11.5 Å². The van der Waals surface area contributed by atoms with E-state index in [4.69, 9.17) is 0 Å². The minimum Gasteiger partial charge on any atom is -0.382 e. The normalized spacial score (nSPS) is 16.9. The zero-order valence-electron chi connectivity index (χ0n) is 10.9. The van der Waals surface area contributed by atoms with Crippen molar-refractivity contribution >= 4 is 11.4 Å². The SMILES string of the molecule is O=[N+]([O-])c1ccc(NCC2CCCCCC2)c(F)c1. The van der Waals surface area contributed by atoms with E-state index in [0.717, 1.165) is 12.6 Å². The van der Waals surface area contributed by atoms with E-state index in [1.54, 1.807) is 0 Å². The zero-order chi connectivity index (χ0) is 13.7. The Labute approximate surface area is 112 Å². The van der Waals surface area contributed by atoms with E-state index in [1.807, 2.05) is 0 Å². The molecule has 0 saturated heterocycles. The van der Waals surface area contributed by atoms with Gasteiger partial charge in [-0.3, -0.25) is 10.1 Å². The van der Waals surface area contributed by atoms with Gasteiger partial charge in [-0.1, -0.05) is 25.7 Å². The fourth-order valence-electron chi connectivity index (χ4n) is 2.58. The molecular weight excluding hydrogens is 247 g/mol. The van der Waals surface area contributed by atoms with Crippen molar-refractivity contribution < 1.29 is 9.31 Å². The minimum atomic E-state index is -0.585. The third kappa shape index (κ3) is 3.91. The summed E-state index contributed by atoms with van der Waals surface area (Å²) in [6.45, 7) is 0.745. The molecule has 1 fully saturated rings. The lowest BCUT2D eigenvalue weighted by Gasteiger charge is -2.16. The van der Waals surface area contributed by atoms with Gasteiger partial charge in [0.05, 0.1) is 16.7 Å². The largest absolute Gasteiger partial charge is 0.382 e. The van der Waals surface area contributed by atoms with Gasteiger partial charge in [0.2, 0.25) is 0 Å². The molecule has 0 heterocycles. The Morgan fingerprint density at radius 3 is 2.53 bits per heavy atom. The quantitative estimate of drug-likeness (QED) is 0.506. The number of nitro benzene ring substituents is 1. The van der Waals surface area contributed by atoms with E-state index in [-0.39, 0.29) is 5.69 Å². The molecule has 1 aliphatic carbocycles. The van der Waals surface area contributed by atoms with Gasteiger partial charge in [0, 0.05) is 12.6 Å². The molecule has 0 unspecified atom stereocenters. The Balaban J connectivity index is 1.93. The van der Waals surface area contributed by atoms with Crippen LogP contribution in [-0.2, 0) is 0 Å². The molecule has 1 aliphatic rings. The molecule has 0 atom stereocenters. The number of hydrogen-bond donors (Lipinski definition) is 1. The number of anilines is 1. The van der Waals surface area contributed by atoms with E-state index in [9.17, 15) is 14.5 Å². The monoisotopic (exact) mass is 266 g/mol. The number of non-ortho nitro benzene ring substituents is 1. The number of nitrogens with one attached hydrogen (secondary N) is 1. The molecule has 2 rings (SSSR count). The lowest BCUT2D eigenvalue weighted by atomic mass is 10.0. The van der Waals surface area contributed by atoms with Gasteiger partial charge in [0.25, 0.3) is 5.69 Å². The van der Waals surface area contributed by atoms with Crippen LogP contribution >= 0.6 is 0 Å². The van der Waals surface area contributed by atoms with E-state index < -0.39 is 10.7 Å². The molecule has 104 valence electrons. The van der Waals surface area contributed by atoms with Crippen LogP contribution in [0.15, 0.2) is 18.2 Å². The first-order chi connectivity index (χ1) is 9.16. The van der Waals surface area contributed by atoms with Gasteiger partial charge < -0.3 is 5.32 Å². The fourth-order valence-corrected chi connectivity index (χ4v) is 2.58. The molecule has 5 heteroatoms. The van der Waals surface area contributed by atoms with Crippen LogP contribution in [0.1, 0.15) is 38.5 Å². The van der Waals surface area contributed by atoms with Crippen LogP contribution in [0.2, 0.25) is 0 Å². The van der Waals surface area contributed by atoms with Crippen LogP contribution in [0.3, 0.4) is 0 Å². The van der Waals surface area contributed by atoms with E-state index in [0.29, 0.717) is 11.6 Å². The van der Waals surface area contributed by atoms with Gasteiger partial charge >= 0.3 is 0 Å². The van der Waals surface area contributed by atoms with Crippen molar-refractivity contribution in [3.05, 3.63) is 34.1 Å². The topological polar surface area (TPSA) is 55.2 Å². The summed E-state index contributed by atoms with van der Waals surface area (Å²) in [5.74, 6) is 0.0277. The van der Waals surface area contributed by atoms with Gasteiger partial charge in [-0.2, -0.15) is 0 Å². The molecule has 19 heavy (non-hydrogen) atoms. The smallest absolute Gasteiger partial charge is 0.272 e. The van der Waals surface area contributed by atoms with Gasteiger partial charge in [0.15, 0.2) is 5.82 Å². The van der Waals surface area contributed by atoms with E-state index in [2.05, 4.69) is 5.32 Å². The Morgan fingerprint density at radius 2 is 1.95 bits per heavy atom. The highest BCUT2D eigenvalue weighted by atomic mass is 19.1. The average Bonchev–Trinajstić information content (AvgIpc) is 2.65. The standard InChI is InChI=1S/C14H19FN2O2/c15-13-9-12(17(18)19)7-8-14(13)16-10-11-5-3-1-2-4-6-11/h7-9,11,16H,1-6,10H2. The molecule has 0 aromatic heterocycles. The van der Waals surface area contributed by atoms with Gasteiger partial charge in [-0.25, -0.2) is 4.39 Å². The number of nitro groups is 1. The average molecular weight is 266 g/mol. The Hall–Kier alpha value is -1.65. The number of rotatable bonds is 4. The third-order valence-corrected chi connectivity index (χ3v) is 3.72. The highest BCUT2D eigenvalue weighted by Gasteiger charge is 2.14. The fraction of sp³-hybridized carbons (Fsp3) is 0.571. The maximum atomic E-state index is 13.7. The van der Waals surface area contributed by atoms with Crippen molar-refractivity contribution in [2.75, 3.05) is 11.9 Å². The van der Waals surface area contributed by atoms with Crippen LogP contribution in [0.25, 0.3) is 0 Å². The molecule has 4 nitrogen and oxygen atoms in total. The van der Waals surface area contributed by atoms with Crippen molar-refractivity contribution in [3.63, 3.8) is 0 Å². The molecule has 1 saturated carbocycles. The summed E-state index contributed by atoms with van der Waals surface area (Å²) in [5, 5.41) is 13.6. The predicted molar refractivity (Wildman–Crippen MR) is 72.7 cm³/mol. The molecule has 0 spiro atoms. The predicted octanol–water partition coefficient (Wildman–Crippen LogP) is 4.12. The molecule has 0 radical (unpaired) electrons. The van der Waals surface area contributed by atoms with Crippen molar-refractivity contribution in [1.82, 2.24) is 0 Å². The second kappa shape index (κ2) is 6.50. The number of hydrogen-bond acceptors (Lipinski definition) is 3. The molecule has 1 aromatic carbocycles. The molecule has 1 aromatic rings. The van der Waals surface area contributed by atoms with Gasteiger partial charge in [0.1, 0.15) is 0 Å². The lowest BCUT2D eigenvalue weighted by Crippen LogP contribution is -2.14. The first kappa shape index (κ1) is 13.8. The molecular formula is C14H19FN2O2.